The monoisotopic (exact) mass is 1060 g/mol. The number of nitro groups is 6. The number of likely N-dealkylation sites (N-methyl/N-ethyl adjacent to an activating group) is 4. The molecule has 0 aromatic rings. The molecular weight excluding hydrogens is 1030 g/mol. The third-order valence-corrected chi connectivity index (χ3v) is 10.6. The number of hydrogen-bond acceptors (Lipinski definition) is 20. The van der Waals surface area contributed by atoms with Gasteiger partial charge in [-0.3, -0.25) is 19.6 Å². The molecule has 0 amide bonds. The van der Waals surface area contributed by atoms with Gasteiger partial charge in [0.1, 0.15) is 24.7 Å². The molecule has 0 N–H and O–H groups in total. The summed E-state index contributed by atoms with van der Waals surface area (Å²) < 4.78 is 0. The van der Waals surface area contributed by atoms with Crippen LogP contribution in [0, 0.1) is 70.5 Å². The second kappa shape index (κ2) is 15.1. The maximum absolute atomic E-state index is 11.7. The first-order valence-electron chi connectivity index (χ1n) is 14.5. The fraction of sp³-hybridized carbons (Fsp3) is 1.00. The Labute approximate surface area is 335 Å². The van der Waals surface area contributed by atoms with Crippen molar-refractivity contribution in [2.45, 2.75) is 88.8 Å². The third kappa shape index (κ3) is 5.52. The van der Waals surface area contributed by atoms with Crippen molar-refractivity contribution in [1.82, 2.24) is 59.7 Å². The molecule has 10 fully saturated rings. The van der Waals surface area contributed by atoms with Crippen LogP contribution < -0.4 is 0 Å². The first-order chi connectivity index (χ1) is 24.9. The zero-order chi connectivity index (χ0) is 39.4. The van der Waals surface area contributed by atoms with Crippen LogP contribution in [0.3, 0.4) is 0 Å². The van der Waals surface area contributed by atoms with Crippen LogP contribution in [0.2, 0.25) is 0 Å². The van der Waals surface area contributed by atoms with Gasteiger partial charge >= 0.3 is 49.4 Å². The quantitative estimate of drug-likeness (QED) is 0.107. The van der Waals surface area contributed by atoms with Gasteiger partial charge in [0.25, 0.3) is 37.0 Å². The van der Waals surface area contributed by atoms with Gasteiger partial charge < -0.3 is 0 Å². The average Bonchev–Trinajstić information content (AvgIpc) is 3.67. The molecule has 10 rings (SSSR count). The van der Waals surface area contributed by atoms with Gasteiger partial charge in [-0.25, -0.2) is 70.7 Å². The number of nitroso groups, excluding NO2 is 2. The van der Waals surface area contributed by atoms with Crippen molar-refractivity contribution < 1.29 is 39.7 Å². The van der Waals surface area contributed by atoms with E-state index in [1.165, 1.54) is 0 Å². The van der Waals surface area contributed by atoms with Crippen molar-refractivity contribution in [2.24, 2.45) is 10.6 Å². The molecule has 10 saturated heterocycles. The molecule has 0 aromatic heterocycles. The summed E-state index contributed by atoms with van der Waals surface area (Å²) in [5.74, 6) is 0. The van der Waals surface area contributed by atoms with E-state index in [1.807, 2.05) is 28.2 Å². The number of hydrogen-bond donors (Lipinski definition) is 0. The molecule has 10 aliphatic heterocycles. The zero-order valence-corrected chi connectivity index (χ0v) is 32.5. The van der Waals surface area contributed by atoms with Gasteiger partial charge in [-0.15, -0.1) is 9.81 Å². The van der Waals surface area contributed by atoms with E-state index in [0.717, 1.165) is 0 Å². The van der Waals surface area contributed by atoms with Gasteiger partial charge in [0.2, 0.25) is 0 Å². The predicted molar refractivity (Wildman–Crippen MR) is 186 cm³/mol. The zero-order valence-electron chi connectivity index (χ0n) is 26.8. The molecule has 4 atom stereocenters. The Morgan fingerprint density at radius 3 is 0.655 bits per heavy atom. The molecule has 0 aliphatic carbocycles. The Morgan fingerprint density at radius 1 is 0.400 bits per heavy atom. The molecule has 34 nitrogen and oxygen atoms in total. The Balaban J connectivity index is 0.000000234. The molecule has 0 spiro atoms. The van der Waals surface area contributed by atoms with Crippen LogP contribution in [0.5, 0.6) is 0 Å². The van der Waals surface area contributed by atoms with E-state index in [2.05, 4.69) is 70.1 Å². The maximum atomic E-state index is 11.7. The number of rotatable bonds is 8. The van der Waals surface area contributed by atoms with Crippen molar-refractivity contribution in [3.05, 3.63) is 70.5 Å². The van der Waals surface area contributed by atoms with Crippen LogP contribution in [0.25, 0.3) is 0 Å². The van der Waals surface area contributed by atoms with E-state index < -0.39 is 67.2 Å². The summed E-state index contributed by atoms with van der Waals surface area (Å²) >= 11 is 4.74. The van der Waals surface area contributed by atoms with Crippen LogP contribution in [0.15, 0.2) is 10.6 Å². The number of hydrazine groups is 6. The van der Waals surface area contributed by atoms with E-state index >= 15 is 0 Å². The second-order valence-electron chi connectivity index (χ2n) is 12.3. The minimum absolute atomic E-state index is 0. The van der Waals surface area contributed by atoms with Crippen molar-refractivity contribution in [2.75, 3.05) is 28.2 Å². The van der Waals surface area contributed by atoms with Crippen molar-refractivity contribution in [1.29, 1.82) is 0 Å². The Kier molecular flexibility index (Phi) is 12.0. The molecule has 0 aromatic carbocycles. The fourth-order valence-electron chi connectivity index (χ4n) is 9.15. The van der Waals surface area contributed by atoms with Gasteiger partial charge in [-0.2, -0.15) is 0 Å². The molecule has 55 heavy (non-hydrogen) atoms. The Bertz CT molecular complexity index is 1450. The topological polar surface area (TPSA) is 357 Å². The molecule has 0 saturated carbocycles. The Hall–Kier alpha value is -4.12. The van der Waals surface area contributed by atoms with E-state index in [-0.39, 0.29) is 81.9 Å². The van der Waals surface area contributed by atoms with Crippen LogP contribution in [-0.2, 0) is 9.47 Å². The van der Waals surface area contributed by atoms with Gasteiger partial charge in [0, 0.05) is 0 Å². The fourth-order valence-corrected chi connectivity index (χ4v) is 9.15. The molecule has 12 bridgehead atoms. The molecule has 307 valence electrons. The first kappa shape index (κ1) is 43.6. The number of nitrogens with zero attached hydrogens (tertiary/aromatic N) is 20. The summed E-state index contributed by atoms with van der Waals surface area (Å²) in [6.07, 6.45) is -15.2. The van der Waals surface area contributed by atoms with Gasteiger partial charge in [0.05, 0.1) is 22.9 Å². The summed E-state index contributed by atoms with van der Waals surface area (Å²) in [7, 11) is 8.50. The molecule has 10 heterocycles. The molecular formula is C18H32I2N20O14V. The molecule has 4 unspecified atom stereocenters. The summed E-state index contributed by atoms with van der Waals surface area (Å²) in [4.78, 5) is 101. The van der Waals surface area contributed by atoms with E-state index in [9.17, 15) is 70.5 Å². The summed E-state index contributed by atoms with van der Waals surface area (Å²) in [6.45, 7) is 0. The van der Waals surface area contributed by atoms with Crippen LogP contribution in [0.1, 0.15) is 14.9 Å². The summed E-state index contributed by atoms with van der Waals surface area (Å²) in [6, 6.07) is 0. The van der Waals surface area contributed by atoms with E-state index in [0.29, 0.717) is 9.47 Å². The van der Waals surface area contributed by atoms with Gasteiger partial charge in [0.15, 0.2) is 30.2 Å². The predicted octanol–water partition coefficient (Wildman–Crippen LogP) is -2.31. The molecule has 37 heteroatoms. The van der Waals surface area contributed by atoms with Gasteiger partial charge in [-0.1, -0.05) is 44.9 Å². The van der Waals surface area contributed by atoms with Crippen LogP contribution in [-0.4, -0.2) is 192 Å². The number of halogens is 2. The average molecular weight is 1060 g/mol. The normalized spacial score (nSPS) is 36.0. The number of piperazine rings is 2. The second-order valence-corrected chi connectivity index (χ2v) is 24.1. The molecule has 10 aliphatic rings. The summed E-state index contributed by atoms with van der Waals surface area (Å²) in [5, 5.41) is 70.1. The summed E-state index contributed by atoms with van der Waals surface area (Å²) in [5.41, 5.74) is 0. The third-order valence-electron chi connectivity index (χ3n) is 10.6. The molecule has 0 radical (unpaired) electrons. The van der Waals surface area contributed by atoms with Crippen LogP contribution >= 0.6 is 40.0 Å². The standard InChI is InChI=1S/C10H18N8O2.C6H6N12O12.2CH4.2HI.V/c1-13-5-6-15(3)9-10(16(6)4)18(12-20)8(14(5)2)7(13)17(9)11-19;19-13(20)7-1-2-8(14(21)22)5(7)6-9(15(23)24)3(11(1)17(27)28)4(10(6)16(25)26)12(2)18(29)30;;;;;/h5-10H,1-4H3;1-6H;2*1H4;2*1H;/q;;;;;;+2/p-2. The van der Waals surface area contributed by atoms with Crippen molar-refractivity contribution in [3.8, 4) is 0 Å². The van der Waals surface area contributed by atoms with Crippen molar-refractivity contribution >= 4 is 40.0 Å². The minimum atomic E-state index is -2.47. The Morgan fingerprint density at radius 2 is 0.545 bits per heavy atom. The van der Waals surface area contributed by atoms with Gasteiger partial charge in [-0.05, 0) is 28.2 Å². The van der Waals surface area contributed by atoms with E-state index in [1.54, 1.807) is 10.0 Å². The van der Waals surface area contributed by atoms with E-state index in [4.69, 9.17) is 0 Å². The first-order valence-corrected chi connectivity index (χ1v) is 23.5. The van der Waals surface area contributed by atoms with Crippen LogP contribution in [0.4, 0.5) is 0 Å². The SMILES string of the molecule is C.C.CN1C2C3N(C)C4C(N3C)N(N=O)C(C1N4N=O)N2C.O=[N+]([O-])N1C2C3N([N+](=O)[O-])C1C1N([N+](=O)[O-])C(C(N1[N+](=O)[O-])N3[N+](=O)[O-])N2[N+](=O)[O-].[I][V][I]. The van der Waals surface area contributed by atoms with Crippen molar-refractivity contribution in [3.63, 3.8) is 0 Å².